The SMILES string of the molecule is COc1ccc(C(CCc2ccc(C(F)(F)F)cc2)N[C@@H](C(=O)O)c2ccccc2)cc1OC. The third-order valence-corrected chi connectivity index (χ3v) is 5.56. The molecule has 2 atom stereocenters. The molecule has 0 radical (unpaired) electrons. The van der Waals surface area contributed by atoms with Gasteiger partial charge in [-0.05, 0) is 53.8 Å². The predicted octanol–water partition coefficient (Wildman–Crippen LogP) is 5.81. The first-order chi connectivity index (χ1) is 16.2. The zero-order valence-electron chi connectivity index (χ0n) is 18.8. The zero-order chi connectivity index (χ0) is 24.7. The quantitative estimate of drug-likeness (QED) is 0.389. The summed E-state index contributed by atoms with van der Waals surface area (Å²) in [5.41, 5.74) is 1.37. The van der Waals surface area contributed by atoms with Crippen LogP contribution in [0.15, 0.2) is 72.8 Å². The topological polar surface area (TPSA) is 67.8 Å². The van der Waals surface area contributed by atoms with E-state index in [1.54, 1.807) is 42.5 Å². The summed E-state index contributed by atoms with van der Waals surface area (Å²) in [5.74, 6) is -0.00953. The number of ether oxygens (including phenoxy) is 2. The summed E-state index contributed by atoms with van der Waals surface area (Å²) in [7, 11) is 3.03. The van der Waals surface area contributed by atoms with E-state index in [1.165, 1.54) is 26.4 Å². The van der Waals surface area contributed by atoms with Crippen molar-refractivity contribution in [3.63, 3.8) is 0 Å². The molecule has 0 saturated heterocycles. The second-order valence-corrected chi connectivity index (χ2v) is 7.75. The number of methoxy groups -OCH3 is 2. The molecule has 0 fully saturated rings. The summed E-state index contributed by atoms with van der Waals surface area (Å²) >= 11 is 0. The van der Waals surface area contributed by atoms with E-state index in [9.17, 15) is 23.1 Å². The Labute approximate surface area is 196 Å². The predicted molar refractivity (Wildman–Crippen MR) is 122 cm³/mol. The molecule has 0 aromatic heterocycles. The van der Waals surface area contributed by atoms with Crippen LogP contribution >= 0.6 is 0 Å². The molecule has 3 rings (SSSR count). The number of carboxylic acids is 1. The van der Waals surface area contributed by atoms with Gasteiger partial charge in [0.1, 0.15) is 6.04 Å². The molecule has 0 saturated carbocycles. The maximum atomic E-state index is 12.9. The smallest absolute Gasteiger partial charge is 0.416 e. The Kier molecular flexibility index (Phi) is 8.17. The number of hydrogen-bond donors (Lipinski definition) is 2. The Hall–Kier alpha value is -3.52. The number of aryl methyl sites for hydroxylation is 1. The molecule has 180 valence electrons. The number of halogens is 3. The summed E-state index contributed by atoms with van der Waals surface area (Å²) in [4.78, 5) is 12.1. The number of nitrogens with one attached hydrogen (secondary N) is 1. The van der Waals surface area contributed by atoms with Crippen LogP contribution in [0.4, 0.5) is 13.2 Å². The average molecular weight is 473 g/mol. The highest BCUT2D eigenvalue weighted by atomic mass is 19.4. The third kappa shape index (κ3) is 6.29. The molecule has 3 aromatic rings. The average Bonchev–Trinajstić information content (AvgIpc) is 2.83. The van der Waals surface area contributed by atoms with Crippen molar-refractivity contribution in [2.24, 2.45) is 0 Å². The van der Waals surface area contributed by atoms with Crippen LogP contribution in [0.25, 0.3) is 0 Å². The normalized spacial score (nSPS) is 13.2. The molecule has 3 aromatic carbocycles. The van der Waals surface area contributed by atoms with E-state index in [2.05, 4.69) is 5.32 Å². The largest absolute Gasteiger partial charge is 0.493 e. The lowest BCUT2D eigenvalue weighted by Gasteiger charge is -2.25. The second kappa shape index (κ2) is 11.1. The van der Waals surface area contributed by atoms with Crippen LogP contribution in [-0.4, -0.2) is 25.3 Å². The lowest BCUT2D eigenvalue weighted by atomic mass is 9.96. The summed E-state index contributed by atoms with van der Waals surface area (Å²) in [6, 6.07) is 17.7. The van der Waals surface area contributed by atoms with Gasteiger partial charge in [-0.1, -0.05) is 48.5 Å². The van der Waals surface area contributed by atoms with Gasteiger partial charge in [0.05, 0.1) is 19.8 Å². The minimum absolute atomic E-state index is 0.427. The van der Waals surface area contributed by atoms with Gasteiger partial charge in [-0.2, -0.15) is 13.2 Å². The van der Waals surface area contributed by atoms with Crippen LogP contribution in [-0.2, 0) is 17.4 Å². The van der Waals surface area contributed by atoms with Crippen molar-refractivity contribution in [3.05, 3.63) is 95.1 Å². The van der Waals surface area contributed by atoms with Crippen LogP contribution in [0.3, 0.4) is 0 Å². The fraction of sp³-hybridized carbons (Fsp3) is 0.269. The summed E-state index contributed by atoms with van der Waals surface area (Å²) in [5, 5.41) is 13.1. The van der Waals surface area contributed by atoms with E-state index in [4.69, 9.17) is 9.47 Å². The van der Waals surface area contributed by atoms with Crippen molar-refractivity contribution in [1.82, 2.24) is 5.32 Å². The Morgan fingerprint density at radius 2 is 1.56 bits per heavy atom. The number of alkyl halides is 3. The molecule has 0 amide bonds. The minimum atomic E-state index is -4.40. The maximum Gasteiger partial charge on any atom is 0.416 e. The van der Waals surface area contributed by atoms with Crippen molar-refractivity contribution in [2.75, 3.05) is 14.2 Å². The summed E-state index contributed by atoms with van der Waals surface area (Å²) in [6.07, 6.45) is -3.52. The first-order valence-corrected chi connectivity index (χ1v) is 10.6. The standard InChI is InChI=1S/C26H26F3NO4/c1-33-22-15-11-19(16-23(22)34-2)21(30-24(25(31)32)18-6-4-3-5-7-18)14-10-17-8-12-20(13-9-17)26(27,28)29/h3-9,11-13,15-16,21,24,30H,10,14H2,1-2H3,(H,31,32)/t21?,24-/m1/s1. The van der Waals surface area contributed by atoms with Gasteiger partial charge in [0.25, 0.3) is 0 Å². The van der Waals surface area contributed by atoms with Gasteiger partial charge in [0.2, 0.25) is 0 Å². The van der Waals surface area contributed by atoms with Crippen molar-refractivity contribution >= 4 is 5.97 Å². The lowest BCUT2D eigenvalue weighted by molar-refractivity contribution is -0.140. The Balaban J connectivity index is 1.89. The Morgan fingerprint density at radius 1 is 0.912 bits per heavy atom. The number of benzene rings is 3. The van der Waals surface area contributed by atoms with E-state index in [0.29, 0.717) is 35.5 Å². The number of aliphatic carboxylic acids is 1. The van der Waals surface area contributed by atoms with Gasteiger partial charge in [0, 0.05) is 6.04 Å². The number of carbonyl (C=O) groups is 1. The summed E-state index contributed by atoms with van der Waals surface area (Å²) in [6.45, 7) is 0. The number of hydrogen-bond acceptors (Lipinski definition) is 4. The highest BCUT2D eigenvalue weighted by molar-refractivity contribution is 5.75. The third-order valence-electron chi connectivity index (χ3n) is 5.56. The number of rotatable bonds is 10. The molecule has 0 aliphatic heterocycles. The van der Waals surface area contributed by atoms with Gasteiger partial charge >= 0.3 is 12.1 Å². The van der Waals surface area contributed by atoms with Crippen molar-refractivity contribution in [1.29, 1.82) is 0 Å². The molecule has 0 spiro atoms. The highest BCUT2D eigenvalue weighted by Gasteiger charge is 2.30. The lowest BCUT2D eigenvalue weighted by Crippen LogP contribution is -2.32. The van der Waals surface area contributed by atoms with Crippen LogP contribution < -0.4 is 14.8 Å². The first-order valence-electron chi connectivity index (χ1n) is 10.6. The Morgan fingerprint density at radius 3 is 2.12 bits per heavy atom. The van der Waals surface area contributed by atoms with Gasteiger partial charge in [-0.3, -0.25) is 10.1 Å². The van der Waals surface area contributed by atoms with Gasteiger partial charge in [-0.15, -0.1) is 0 Å². The van der Waals surface area contributed by atoms with E-state index in [-0.39, 0.29) is 0 Å². The molecule has 1 unspecified atom stereocenters. The molecule has 0 heterocycles. The monoisotopic (exact) mass is 473 g/mol. The molecular weight excluding hydrogens is 447 g/mol. The van der Waals surface area contributed by atoms with Crippen molar-refractivity contribution < 1.29 is 32.5 Å². The highest BCUT2D eigenvalue weighted by Crippen LogP contribution is 2.33. The first kappa shape index (κ1) is 25.1. The zero-order valence-corrected chi connectivity index (χ0v) is 18.8. The van der Waals surface area contributed by atoms with Gasteiger partial charge in [-0.25, -0.2) is 0 Å². The van der Waals surface area contributed by atoms with E-state index >= 15 is 0 Å². The molecule has 0 aliphatic rings. The molecule has 0 aliphatic carbocycles. The van der Waals surface area contributed by atoms with Crippen LogP contribution in [0.1, 0.15) is 40.8 Å². The fourth-order valence-electron chi connectivity index (χ4n) is 3.74. The fourth-order valence-corrected chi connectivity index (χ4v) is 3.74. The molecule has 0 bridgehead atoms. The van der Waals surface area contributed by atoms with Crippen LogP contribution in [0.2, 0.25) is 0 Å². The molecule has 34 heavy (non-hydrogen) atoms. The van der Waals surface area contributed by atoms with Crippen LogP contribution in [0.5, 0.6) is 11.5 Å². The second-order valence-electron chi connectivity index (χ2n) is 7.75. The minimum Gasteiger partial charge on any atom is -0.493 e. The Bertz CT molecular complexity index is 1090. The molecule has 5 nitrogen and oxygen atoms in total. The molecule has 2 N–H and O–H groups in total. The van der Waals surface area contributed by atoms with E-state index in [0.717, 1.165) is 17.7 Å². The van der Waals surface area contributed by atoms with Crippen LogP contribution in [0, 0.1) is 0 Å². The van der Waals surface area contributed by atoms with E-state index < -0.39 is 29.8 Å². The number of carboxylic acid groups (broad SMARTS) is 1. The van der Waals surface area contributed by atoms with Crippen molar-refractivity contribution in [2.45, 2.75) is 31.1 Å². The van der Waals surface area contributed by atoms with Crippen molar-refractivity contribution in [3.8, 4) is 11.5 Å². The van der Waals surface area contributed by atoms with E-state index in [1.807, 2.05) is 6.07 Å². The molecule has 8 heteroatoms. The summed E-state index contributed by atoms with van der Waals surface area (Å²) < 4.78 is 49.3. The maximum absolute atomic E-state index is 12.9. The van der Waals surface area contributed by atoms with Gasteiger partial charge < -0.3 is 14.6 Å². The van der Waals surface area contributed by atoms with Gasteiger partial charge in [0.15, 0.2) is 11.5 Å². The molecular formula is C26H26F3NO4.